The van der Waals surface area contributed by atoms with Crippen molar-refractivity contribution in [2.75, 3.05) is 41.0 Å². The molecule has 31 heavy (non-hydrogen) atoms. The van der Waals surface area contributed by atoms with Crippen molar-refractivity contribution in [2.45, 2.75) is 33.0 Å². The van der Waals surface area contributed by atoms with Gasteiger partial charge < -0.3 is 25.0 Å². The van der Waals surface area contributed by atoms with Crippen molar-refractivity contribution in [3.63, 3.8) is 0 Å². The van der Waals surface area contributed by atoms with Gasteiger partial charge in [-0.05, 0) is 50.2 Å². The van der Waals surface area contributed by atoms with E-state index in [1.165, 1.54) is 16.7 Å². The van der Waals surface area contributed by atoms with E-state index in [0.29, 0.717) is 19.1 Å². The van der Waals surface area contributed by atoms with Crippen molar-refractivity contribution in [1.29, 1.82) is 0 Å². The lowest BCUT2D eigenvalue weighted by Crippen LogP contribution is -2.36. The number of aryl methyl sites for hydroxylation is 1. The molecule has 1 atom stereocenters. The second kappa shape index (κ2) is 11.7. The average molecular weight is 425 g/mol. The number of aliphatic imine (C=N–C) groups is 1. The van der Waals surface area contributed by atoms with E-state index >= 15 is 0 Å². The van der Waals surface area contributed by atoms with Gasteiger partial charge in [0.1, 0.15) is 5.75 Å². The molecule has 1 unspecified atom stereocenters. The van der Waals surface area contributed by atoms with E-state index in [1.54, 1.807) is 7.05 Å². The number of guanidine groups is 1. The fourth-order valence-corrected chi connectivity index (χ4v) is 3.58. The van der Waals surface area contributed by atoms with Crippen molar-refractivity contribution in [2.24, 2.45) is 10.9 Å². The van der Waals surface area contributed by atoms with E-state index in [2.05, 4.69) is 84.0 Å². The summed E-state index contributed by atoms with van der Waals surface area (Å²) in [5.41, 5.74) is 4.86. The number of nitrogens with zero attached hydrogens (tertiary/aromatic N) is 2. The third-order valence-electron chi connectivity index (χ3n) is 5.37. The van der Waals surface area contributed by atoms with Gasteiger partial charge in [0.05, 0.1) is 13.2 Å². The quantitative estimate of drug-likeness (QED) is 0.478. The lowest BCUT2D eigenvalue weighted by molar-refractivity contribution is 0.166. The smallest absolute Gasteiger partial charge is 0.191 e. The molecule has 6 nitrogen and oxygen atoms in total. The molecular weight excluding hydrogens is 388 g/mol. The van der Waals surface area contributed by atoms with Crippen LogP contribution in [-0.4, -0.2) is 51.8 Å². The molecule has 0 aliphatic carbocycles. The van der Waals surface area contributed by atoms with Crippen LogP contribution in [0.15, 0.2) is 47.5 Å². The van der Waals surface area contributed by atoms with E-state index < -0.39 is 0 Å². The largest absolute Gasteiger partial charge is 0.493 e. The number of ether oxygens (including phenoxy) is 2. The SMILES string of the molecule is CN=C(NCc1ccc(CN(C)C)cc1)NCc1ccc(C)cc1OCC1CCOC1. The number of hydrogen-bond acceptors (Lipinski definition) is 4. The van der Waals surface area contributed by atoms with E-state index in [4.69, 9.17) is 9.47 Å². The monoisotopic (exact) mass is 424 g/mol. The van der Waals surface area contributed by atoms with Crippen LogP contribution in [0.5, 0.6) is 5.75 Å². The van der Waals surface area contributed by atoms with E-state index in [-0.39, 0.29) is 0 Å². The molecule has 0 aromatic heterocycles. The fraction of sp³-hybridized carbons (Fsp3) is 0.480. The van der Waals surface area contributed by atoms with Crippen LogP contribution < -0.4 is 15.4 Å². The summed E-state index contributed by atoms with van der Waals surface area (Å²) in [4.78, 5) is 6.53. The highest BCUT2D eigenvalue weighted by atomic mass is 16.5. The summed E-state index contributed by atoms with van der Waals surface area (Å²) in [6.07, 6.45) is 1.08. The van der Waals surface area contributed by atoms with Crippen LogP contribution in [0.4, 0.5) is 0 Å². The highest BCUT2D eigenvalue weighted by Gasteiger charge is 2.17. The van der Waals surface area contributed by atoms with Gasteiger partial charge in [-0.3, -0.25) is 4.99 Å². The Bertz CT molecular complexity index is 843. The van der Waals surface area contributed by atoms with Crippen LogP contribution >= 0.6 is 0 Å². The van der Waals surface area contributed by atoms with Gasteiger partial charge >= 0.3 is 0 Å². The standard InChI is InChI=1S/C25H36N4O2/c1-19-5-10-23(24(13-19)31-18-22-11-12-30-17-22)15-28-25(26-2)27-14-20-6-8-21(9-7-20)16-29(3)4/h5-10,13,22H,11-12,14-18H2,1-4H3,(H2,26,27,28). The van der Waals surface area contributed by atoms with Crippen molar-refractivity contribution in [1.82, 2.24) is 15.5 Å². The van der Waals surface area contributed by atoms with Crippen molar-refractivity contribution < 1.29 is 9.47 Å². The number of nitrogens with one attached hydrogen (secondary N) is 2. The Balaban J connectivity index is 1.51. The summed E-state index contributed by atoms with van der Waals surface area (Å²) in [5.74, 6) is 2.19. The summed E-state index contributed by atoms with van der Waals surface area (Å²) in [5, 5.41) is 6.80. The molecule has 168 valence electrons. The molecule has 0 bridgehead atoms. The number of hydrogen-bond donors (Lipinski definition) is 2. The summed E-state index contributed by atoms with van der Waals surface area (Å²) in [6.45, 7) is 6.76. The fourth-order valence-electron chi connectivity index (χ4n) is 3.58. The van der Waals surface area contributed by atoms with Gasteiger partial charge in [-0.25, -0.2) is 0 Å². The number of benzene rings is 2. The molecule has 3 rings (SSSR count). The predicted octanol–water partition coefficient (Wildman–Crippen LogP) is 3.34. The molecule has 1 aliphatic rings. The van der Waals surface area contributed by atoms with Crippen LogP contribution in [0.3, 0.4) is 0 Å². The Hall–Kier alpha value is -2.57. The van der Waals surface area contributed by atoms with Gasteiger partial charge in [0.2, 0.25) is 0 Å². The van der Waals surface area contributed by atoms with E-state index in [1.807, 2.05) is 0 Å². The summed E-state index contributed by atoms with van der Waals surface area (Å²) < 4.78 is 11.6. The Morgan fingerprint density at radius 3 is 2.52 bits per heavy atom. The minimum absolute atomic E-state index is 0.486. The van der Waals surface area contributed by atoms with Crippen LogP contribution in [0, 0.1) is 12.8 Å². The Morgan fingerprint density at radius 2 is 1.84 bits per heavy atom. The normalized spacial score (nSPS) is 16.5. The zero-order valence-corrected chi connectivity index (χ0v) is 19.3. The molecule has 2 aromatic rings. The van der Waals surface area contributed by atoms with Crippen molar-refractivity contribution in [3.8, 4) is 5.75 Å². The topological polar surface area (TPSA) is 58.1 Å². The molecular formula is C25H36N4O2. The predicted molar refractivity (Wildman–Crippen MR) is 126 cm³/mol. The van der Waals surface area contributed by atoms with Crippen LogP contribution in [0.2, 0.25) is 0 Å². The first-order valence-electron chi connectivity index (χ1n) is 11.0. The molecule has 0 spiro atoms. The first-order valence-corrected chi connectivity index (χ1v) is 11.0. The van der Waals surface area contributed by atoms with Crippen LogP contribution in [0.25, 0.3) is 0 Å². The van der Waals surface area contributed by atoms with Gasteiger partial charge in [0.25, 0.3) is 0 Å². The lowest BCUT2D eigenvalue weighted by Gasteiger charge is -2.17. The second-order valence-corrected chi connectivity index (χ2v) is 8.49. The van der Waals surface area contributed by atoms with Gasteiger partial charge in [-0.1, -0.05) is 36.4 Å². The average Bonchev–Trinajstić information content (AvgIpc) is 3.28. The molecule has 1 saturated heterocycles. The Morgan fingerprint density at radius 1 is 1.10 bits per heavy atom. The Labute approximate surface area is 186 Å². The van der Waals surface area contributed by atoms with Gasteiger partial charge in [0.15, 0.2) is 5.96 Å². The van der Waals surface area contributed by atoms with Crippen molar-refractivity contribution in [3.05, 3.63) is 64.7 Å². The molecule has 0 amide bonds. The van der Waals surface area contributed by atoms with Gasteiger partial charge in [-0.15, -0.1) is 0 Å². The molecule has 0 radical (unpaired) electrons. The maximum Gasteiger partial charge on any atom is 0.191 e. The van der Waals surface area contributed by atoms with Gasteiger partial charge in [0, 0.05) is 44.8 Å². The zero-order chi connectivity index (χ0) is 22.1. The molecule has 1 heterocycles. The highest BCUT2D eigenvalue weighted by Crippen LogP contribution is 2.22. The molecule has 1 aliphatic heterocycles. The summed E-state index contributed by atoms with van der Waals surface area (Å²) in [6, 6.07) is 15.0. The molecule has 1 fully saturated rings. The second-order valence-electron chi connectivity index (χ2n) is 8.49. The van der Waals surface area contributed by atoms with E-state index in [0.717, 1.165) is 50.0 Å². The zero-order valence-electron chi connectivity index (χ0n) is 19.3. The van der Waals surface area contributed by atoms with E-state index in [9.17, 15) is 0 Å². The molecule has 6 heteroatoms. The minimum Gasteiger partial charge on any atom is -0.493 e. The summed E-state index contributed by atoms with van der Waals surface area (Å²) >= 11 is 0. The third-order valence-corrected chi connectivity index (χ3v) is 5.37. The highest BCUT2D eigenvalue weighted by molar-refractivity contribution is 5.79. The maximum atomic E-state index is 6.15. The maximum absolute atomic E-state index is 6.15. The lowest BCUT2D eigenvalue weighted by atomic mass is 10.1. The van der Waals surface area contributed by atoms with Gasteiger partial charge in [-0.2, -0.15) is 0 Å². The van der Waals surface area contributed by atoms with Crippen molar-refractivity contribution >= 4 is 5.96 Å². The molecule has 0 saturated carbocycles. The minimum atomic E-state index is 0.486. The summed E-state index contributed by atoms with van der Waals surface area (Å²) in [7, 11) is 5.96. The Kier molecular flexibility index (Phi) is 8.74. The molecule has 2 N–H and O–H groups in total. The van der Waals surface area contributed by atoms with Crippen LogP contribution in [-0.2, 0) is 24.4 Å². The first-order chi connectivity index (χ1) is 15.0. The number of rotatable bonds is 9. The molecule has 2 aromatic carbocycles. The first kappa shape index (κ1) is 23.1. The van der Waals surface area contributed by atoms with Crippen LogP contribution in [0.1, 0.15) is 28.7 Å². The third kappa shape index (κ3) is 7.56.